The van der Waals surface area contributed by atoms with Crippen LogP contribution in [0.3, 0.4) is 0 Å². The van der Waals surface area contributed by atoms with Crippen LogP contribution in [0.5, 0.6) is 5.75 Å². The maximum Gasteiger partial charge on any atom is 0.124 e. The van der Waals surface area contributed by atoms with Crippen LogP contribution in [0.1, 0.15) is 5.56 Å². The SMILES string of the molecule is N=Cc1ccccc1O. The van der Waals surface area contributed by atoms with Crippen molar-refractivity contribution in [3.63, 3.8) is 0 Å². The molecule has 0 atom stereocenters. The number of aromatic hydroxyl groups is 1. The predicted octanol–water partition coefficient (Wildman–Crippen LogP) is 1.39. The molecule has 0 aliphatic carbocycles. The van der Waals surface area contributed by atoms with Crippen molar-refractivity contribution >= 4 is 6.21 Å². The van der Waals surface area contributed by atoms with Gasteiger partial charge in [0, 0.05) is 11.8 Å². The van der Waals surface area contributed by atoms with Crippen molar-refractivity contribution in [2.24, 2.45) is 0 Å². The first-order valence-corrected chi connectivity index (χ1v) is 2.63. The minimum absolute atomic E-state index is 0.160. The summed E-state index contributed by atoms with van der Waals surface area (Å²) in [5, 5.41) is 15.8. The van der Waals surface area contributed by atoms with Crippen LogP contribution < -0.4 is 0 Å². The zero-order chi connectivity index (χ0) is 6.69. The summed E-state index contributed by atoms with van der Waals surface area (Å²) in [5.41, 5.74) is 0.553. The molecule has 0 heterocycles. The number of nitrogens with one attached hydrogen (secondary N) is 1. The second-order valence-corrected chi connectivity index (χ2v) is 1.70. The van der Waals surface area contributed by atoms with Gasteiger partial charge in [-0.15, -0.1) is 0 Å². The fraction of sp³-hybridized carbons (Fsp3) is 0. The molecule has 2 heteroatoms. The van der Waals surface area contributed by atoms with Crippen molar-refractivity contribution in [1.82, 2.24) is 0 Å². The molecule has 1 aromatic rings. The lowest BCUT2D eigenvalue weighted by molar-refractivity contribution is 0.474. The summed E-state index contributed by atoms with van der Waals surface area (Å²) < 4.78 is 0. The van der Waals surface area contributed by atoms with Crippen LogP contribution >= 0.6 is 0 Å². The van der Waals surface area contributed by atoms with E-state index in [1.165, 1.54) is 0 Å². The molecule has 1 aromatic carbocycles. The molecule has 0 aliphatic rings. The van der Waals surface area contributed by atoms with Gasteiger partial charge >= 0.3 is 0 Å². The fourth-order valence-electron chi connectivity index (χ4n) is 0.610. The monoisotopic (exact) mass is 121 g/mol. The van der Waals surface area contributed by atoms with E-state index in [1.807, 2.05) is 0 Å². The molecule has 0 aliphatic heterocycles. The van der Waals surface area contributed by atoms with E-state index < -0.39 is 0 Å². The molecule has 2 nitrogen and oxygen atoms in total. The third-order valence-corrected chi connectivity index (χ3v) is 1.09. The van der Waals surface area contributed by atoms with E-state index in [4.69, 9.17) is 10.5 Å². The molecule has 0 unspecified atom stereocenters. The Morgan fingerprint density at radius 1 is 1.33 bits per heavy atom. The van der Waals surface area contributed by atoms with Gasteiger partial charge in [0.1, 0.15) is 5.75 Å². The molecule has 0 bridgehead atoms. The molecule has 2 N–H and O–H groups in total. The second-order valence-electron chi connectivity index (χ2n) is 1.70. The summed E-state index contributed by atoms with van der Waals surface area (Å²) in [6, 6.07) is 6.74. The minimum Gasteiger partial charge on any atom is -0.507 e. The topological polar surface area (TPSA) is 44.1 Å². The van der Waals surface area contributed by atoms with Gasteiger partial charge in [-0.05, 0) is 12.1 Å². The van der Waals surface area contributed by atoms with Crippen LogP contribution in [0.2, 0.25) is 0 Å². The van der Waals surface area contributed by atoms with Gasteiger partial charge in [0.05, 0.1) is 0 Å². The van der Waals surface area contributed by atoms with Gasteiger partial charge in [0.25, 0.3) is 0 Å². The lowest BCUT2D eigenvalue weighted by atomic mass is 10.2. The quantitative estimate of drug-likeness (QED) is 0.542. The number of hydrogen-bond acceptors (Lipinski definition) is 2. The zero-order valence-corrected chi connectivity index (χ0v) is 4.83. The molecular formula is C7H7NO. The summed E-state index contributed by atoms with van der Waals surface area (Å²) in [7, 11) is 0. The smallest absolute Gasteiger partial charge is 0.124 e. The fourth-order valence-corrected chi connectivity index (χ4v) is 0.610. The van der Waals surface area contributed by atoms with E-state index in [-0.39, 0.29) is 5.75 Å². The first-order valence-electron chi connectivity index (χ1n) is 2.63. The van der Waals surface area contributed by atoms with Gasteiger partial charge in [-0.25, -0.2) is 0 Å². The Hall–Kier alpha value is -1.31. The average Bonchev–Trinajstić information content (AvgIpc) is 1.89. The van der Waals surface area contributed by atoms with Crippen molar-refractivity contribution in [3.05, 3.63) is 29.8 Å². The van der Waals surface area contributed by atoms with E-state index in [1.54, 1.807) is 24.3 Å². The van der Waals surface area contributed by atoms with Crippen LogP contribution in [0.15, 0.2) is 24.3 Å². The summed E-state index contributed by atoms with van der Waals surface area (Å²) in [4.78, 5) is 0. The maximum atomic E-state index is 8.96. The highest BCUT2D eigenvalue weighted by molar-refractivity contribution is 5.80. The molecule has 46 valence electrons. The van der Waals surface area contributed by atoms with Crippen LogP contribution in [-0.2, 0) is 0 Å². The van der Waals surface area contributed by atoms with E-state index in [0.29, 0.717) is 5.56 Å². The van der Waals surface area contributed by atoms with E-state index in [9.17, 15) is 0 Å². The standard InChI is InChI=1S/C7H7NO/c8-5-6-3-1-2-4-7(6)9/h1-5,8-9H. The summed E-state index contributed by atoms with van der Waals surface area (Å²) >= 11 is 0. The number of phenols is 1. The highest BCUT2D eigenvalue weighted by Gasteiger charge is 1.91. The van der Waals surface area contributed by atoms with Crippen molar-refractivity contribution in [1.29, 1.82) is 5.41 Å². The van der Waals surface area contributed by atoms with Crippen LogP contribution in [0, 0.1) is 5.41 Å². The lowest BCUT2D eigenvalue weighted by Gasteiger charge is -1.92. The molecule has 0 saturated heterocycles. The van der Waals surface area contributed by atoms with Gasteiger partial charge in [0.15, 0.2) is 0 Å². The lowest BCUT2D eigenvalue weighted by Crippen LogP contribution is -1.77. The normalized spacial score (nSPS) is 8.89. The van der Waals surface area contributed by atoms with Gasteiger partial charge in [-0.3, -0.25) is 0 Å². The Bertz CT molecular complexity index is 220. The molecule has 0 amide bonds. The predicted molar refractivity (Wildman–Crippen MR) is 36.0 cm³/mol. The second kappa shape index (κ2) is 2.31. The largest absolute Gasteiger partial charge is 0.507 e. The van der Waals surface area contributed by atoms with Crippen molar-refractivity contribution in [2.75, 3.05) is 0 Å². The molecule has 1 rings (SSSR count). The Labute approximate surface area is 53.3 Å². The van der Waals surface area contributed by atoms with Gasteiger partial charge in [-0.1, -0.05) is 12.1 Å². The van der Waals surface area contributed by atoms with Crippen LogP contribution in [0.25, 0.3) is 0 Å². The van der Waals surface area contributed by atoms with E-state index in [0.717, 1.165) is 6.21 Å². The highest BCUT2D eigenvalue weighted by Crippen LogP contribution is 2.11. The molecule has 0 spiro atoms. The van der Waals surface area contributed by atoms with Crippen LogP contribution in [-0.4, -0.2) is 11.3 Å². The van der Waals surface area contributed by atoms with Crippen molar-refractivity contribution in [3.8, 4) is 5.75 Å². The number of para-hydroxylation sites is 1. The Balaban J connectivity index is 3.15. The van der Waals surface area contributed by atoms with Gasteiger partial charge < -0.3 is 10.5 Å². The van der Waals surface area contributed by atoms with E-state index >= 15 is 0 Å². The highest BCUT2D eigenvalue weighted by atomic mass is 16.3. The molecular weight excluding hydrogens is 114 g/mol. The molecule has 0 aromatic heterocycles. The first-order chi connectivity index (χ1) is 4.34. The summed E-state index contributed by atoms with van der Waals surface area (Å²) in [6.07, 6.45) is 1.12. The van der Waals surface area contributed by atoms with Crippen LogP contribution in [0.4, 0.5) is 0 Å². The summed E-state index contributed by atoms with van der Waals surface area (Å²) in [5.74, 6) is 0.160. The maximum absolute atomic E-state index is 8.96. The Kier molecular flexibility index (Phi) is 1.49. The summed E-state index contributed by atoms with van der Waals surface area (Å²) in [6.45, 7) is 0. The van der Waals surface area contributed by atoms with Gasteiger partial charge in [-0.2, -0.15) is 0 Å². The number of benzene rings is 1. The number of phenolic OH excluding ortho intramolecular Hbond substituents is 1. The first kappa shape index (κ1) is 5.82. The Morgan fingerprint density at radius 2 is 2.00 bits per heavy atom. The average molecular weight is 121 g/mol. The Morgan fingerprint density at radius 3 is 2.44 bits per heavy atom. The van der Waals surface area contributed by atoms with Crippen molar-refractivity contribution < 1.29 is 5.11 Å². The third kappa shape index (κ3) is 1.08. The van der Waals surface area contributed by atoms with Gasteiger partial charge in [0.2, 0.25) is 0 Å². The van der Waals surface area contributed by atoms with E-state index in [2.05, 4.69) is 0 Å². The third-order valence-electron chi connectivity index (χ3n) is 1.09. The molecule has 0 saturated carbocycles. The minimum atomic E-state index is 0.160. The molecule has 0 fully saturated rings. The van der Waals surface area contributed by atoms with Crippen molar-refractivity contribution in [2.45, 2.75) is 0 Å². The molecule has 9 heavy (non-hydrogen) atoms. The number of hydrogen-bond donors (Lipinski definition) is 2. The molecule has 0 radical (unpaired) electrons. The number of rotatable bonds is 1. The zero-order valence-electron chi connectivity index (χ0n) is 4.83.